The van der Waals surface area contributed by atoms with Crippen LogP contribution < -0.4 is 5.32 Å². The Bertz CT molecular complexity index is 335. The van der Waals surface area contributed by atoms with Crippen molar-refractivity contribution in [2.75, 3.05) is 6.54 Å². The molecule has 0 aliphatic rings. The van der Waals surface area contributed by atoms with Gasteiger partial charge in [0.1, 0.15) is 0 Å². The highest BCUT2D eigenvalue weighted by molar-refractivity contribution is 9.11. The van der Waals surface area contributed by atoms with Crippen LogP contribution >= 0.6 is 15.9 Å². The van der Waals surface area contributed by atoms with Gasteiger partial charge in [-0.1, -0.05) is 40.7 Å². The van der Waals surface area contributed by atoms with E-state index in [9.17, 15) is 4.79 Å². The third-order valence-corrected chi connectivity index (χ3v) is 2.34. The van der Waals surface area contributed by atoms with Crippen LogP contribution in [0.5, 0.6) is 0 Å². The number of rotatable bonds is 5. The third kappa shape index (κ3) is 4.79. The van der Waals surface area contributed by atoms with Crippen molar-refractivity contribution in [3.8, 4) is 0 Å². The van der Waals surface area contributed by atoms with Crippen LogP contribution in [0.2, 0.25) is 0 Å². The van der Waals surface area contributed by atoms with E-state index >= 15 is 0 Å². The molecule has 0 heterocycles. The highest BCUT2D eigenvalue weighted by atomic mass is 79.9. The summed E-state index contributed by atoms with van der Waals surface area (Å²) in [6, 6.07) is 9.22. The van der Waals surface area contributed by atoms with E-state index < -0.39 is 0 Å². The Morgan fingerprint density at radius 3 is 2.60 bits per heavy atom. The van der Waals surface area contributed by atoms with E-state index in [1.54, 1.807) is 12.1 Å². The molecule has 1 N–H and O–H groups in total. The number of amides is 1. The quantitative estimate of drug-likeness (QED) is 0.817. The fourth-order valence-corrected chi connectivity index (χ4v) is 1.45. The zero-order valence-corrected chi connectivity index (χ0v) is 10.1. The maximum atomic E-state index is 11.5. The fourth-order valence-electron chi connectivity index (χ4n) is 1.17. The van der Waals surface area contributed by atoms with Crippen LogP contribution in [0.1, 0.15) is 23.2 Å². The first kappa shape index (κ1) is 12.0. The predicted octanol–water partition coefficient (Wildman–Crippen LogP) is 3.11. The third-order valence-electron chi connectivity index (χ3n) is 1.95. The van der Waals surface area contributed by atoms with Gasteiger partial charge in [-0.3, -0.25) is 4.79 Å². The van der Waals surface area contributed by atoms with E-state index in [1.807, 2.05) is 18.2 Å². The lowest BCUT2D eigenvalue weighted by Crippen LogP contribution is -2.24. The summed E-state index contributed by atoms with van der Waals surface area (Å²) in [5.74, 6) is -0.0178. The van der Waals surface area contributed by atoms with Gasteiger partial charge in [0.05, 0.1) is 0 Å². The van der Waals surface area contributed by atoms with Crippen LogP contribution in [0.25, 0.3) is 0 Å². The van der Waals surface area contributed by atoms with Crippen LogP contribution in [0.4, 0.5) is 0 Å². The van der Waals surface area contributed by atoms with Crippen molar-refractivity contribution in [3.63, 3.8) is 0 Å². The van der Waals surface area contributed by atoms with Crippen LogP contribution in [-0.2, 0) is 0 Å². The number of hydrogen-bond acceptors (Lipinski definition) is 1. The Morgan fingerprint density at radius 1 is 1.33 bits per heavy atom. The Hall–Kier alpha value is -1.09. The van der Waals surface area contributed by atoms with Crippen molar-refractivity contribution >= 4 is 21.8 Å². The number of nitrogens with one attached hydrogen (secondary N) is 1. The Labute approximate surface area is 98.5 Å². The lowest BCUT2D eigenvalue weighted by molar-refractivity contribution is 0.0953. The van der Waals surface area contributed by atoms with Gasteiger partial charge in [0.2, 0.25) is 0 Å². The number of halogens is 1. The normalized spacial score (nSPS) is 9.67. The van der Waals surface area contributed by atoms with Gasteiger partial charge in [-0.15, -0.1) is 0 Å². The summed E-state index contributed by atoms with van der Waals surface area (Å²) in [5, 5.41) is 2.85. The van der Waals surface area contributed by atoms with Crippen LogP contribution in [0, 0.1) is 0 Å². The van der Waals surface area contributed by atoms with Crippen LogP contribution in [0.3, 0.4) is 0 Å². The Kier molecular flexibility index (Phi) is 5.12. The van der Waals surface area contributed by atoms with Crippen molar-refractivity contribution in [3.05, 3.63) is 47.0 Å². The van der Waals surface area contributed by atoms with Crippen LogP contribution in [-0.4, -0.2) is 12.5 Å². The smallest absolute Gasteiger partial charge is 0.251 e. The molecule has 0 bridgehead atoms. The molecule has 0 spiro atoms. The minimum Gasteiger partial charge on any atom is -0.352 e. The fraction of sp³-hybridized carbons (Fsp3) is 0.250. The molecule has 0 atom stereocenters. The molecule has 0 unspecified atom stereocenters. The van der Waals surface area contributed by atoms with Gasteiger partial charge >= 0.3 is 0 Å². The number of carbonyl (C=O) groups is 1. The second-order valence-electron chi connectivity index (χ2n) is 3.24. The molecule has 15 heavy (non-hydrogen) atoms. The molecule has 1 amide bonds. The molecular formula is C12H14BrNO. The first-order chi connectivity index (χ1) is 7.20. The van der Waals surface area contributed by atoms with Crippen molar-refractivity contribution in [1.29, 1.82) is 0 Å². The zero-order valence-electron chi connectivity index (χ0n) is 8.50. The molecule has 2 nitrogen and oxygen atoms in total. The van der Waals surface area contributed by atoms with Crippen molar-refractivity contribution in [2.45, 2.75) is 12.8 Å². The number of hydrogen-bond donors (Lipinski definition) is 1. The lowest BCUT2D eigenvalue weighted by atomic mass is 10.2. The van der Waals surface area contributed by atoms with E-state index in [-0.39, 0.29) is 5.91 Å². The molecule has 0 fully saturated rings. The molecular weight excluding hydrogens is 254 g/mol. The number of benzene rings is 1. The minimum absolute atomic E-state index is 0.0178. The van der Waals surface area contributed by atoms with Crippen LogP contribution in [0.15, 0.2) is 41.4 Å². The highest BCUT2D eigenvalue weighted by Crippen LogP contribution is 2.08. The summed E-state index contributed by atoms with van der Waals surface area (Å²) in [5.41, 5.74) is 0.704. The molecule has 0 saturated heterocycles. The number of allylic oxidation sites excluding steroid dienone is 1. The lowest BCUT2D eigenvalue weighted by Gasteiger charge is -2.04. The minimum atomic E-state index is -0.0178. The highest BCUT2D eigenvalue weighted by Gasteiger charge is 2.02. The Morgan fingerprint density at radius 2 is 2.00 bits per heavy atom. The molecule has 3 heteroatoms. The number of carbonyl (C=O) groups excluding carboxylic acids is 1. The van der Waals surface area contributed by atoms with Gasteiger partial charge in [0.25, 0.3) is 5.91 Å². The van der Waals surface area contributed by atoms with Gasteiger partial charge in [-0.05, 0) is 29.5 Å². The SMILES string of the molecule is C=C(Br)CCCNC(=O)c1ccccc1. The molecule has 0 radical (unpaired) electrons. The second-order valence-corrected chi connectivity index (χ2v) is 4.36. The topological polar surface area (TPSA) is 29.1 Å². The summed E-state index contributed by atoms with van der Waals surface area (Å²) < 4.78 is 0.969. The first-order valence-corrected chi connectivity index (χ1v) is 5.66. The maximum absolute atomic E-state index is 11.5. The molecule has 0 aliphatic carbocycles. The summed E-state index contributed by atoms with van der Waals surface area (Å²) in [6.07, 6.45) is 1.79. The van der Waals surface area contributed by atoms with E-state index in [1.165, 1.54) is 0 Å². The van der Waals surface area contributed by atoms with Gasteiger partial charge in [0.15, 0.2) is 0 Å². The molecule has 0 aliphatic heterocycles. The van der Waals surface area contributed by atoms with Gasteiger partial charge < -0.3 is 5.32 Å². The summed E-state index contributed by atoms with van der Waals surface area (Å²) in [7, 11) is 0. The van der Waals surface area contributed by atoms with Crippen molar-refractivity contribution < 1.29 is 4.79 Å². The van der Waals surface area contributed by atoms with Crippen molar-refractivity contribution in [2.24, 2.45) is 0 Å². The molecule has 0 saturated carbocycles. The van der Waals surface area contributed by atoms with Gasteiger partial charge in [0, 0.05) is 12.1 Å². The van der Waals surface area contributed by atoms with Crippen molar-refractivity contribution in [1.82, 2.24) is 5.32 Å². The largest absolute Gasteiger partial charge is 0.352 e. The zero-order chi connectivity index (χ0) is 11.1. The summed E-state index contributed by atoms with van der Waals surface area (Å²) in [6.45, 7) is 4.41. The first-order valence-electron chi connectivity index (χ1n) is 4.86. The maximum Gasteiger partial charge on any atom is 0.251 e. The average Bonchev–Trinajstić information content (AvgIpc) is 2.25. The monoisotopic (exact) mass is 267 g/mol. The summed E-state index contributed by atoms with van der Waals surface area (Å²) in [4.78, 5) is 11.5. The molecule has 1 rings (SSSR count). The molecule has 80 valence electrons. The standard InChI is InChI=1S/C12H14BrNO/c1-10(13)6-5-9-14-12(15)11-7-3-2-4-8-11/h2-4,7-8H,1,5-6,9H2,(H,14,15). The molecule has 1 aromatic carbocycles. The predicted molar refractivity (Wildman–Crippen MR) is 66.1 cm³/mol. The van der Waals surface area contributed by atoms with E-state index in [0.29, 0.717) is 12.1 Å². The Balaban J connectivity index is 2.28. The van der Waals surface area contributed by atoms with E-state index in [2.05, 4.69) is 27.8 Å². The second kappa shape index (κ2) is 6.40. The molecule has 1 aromatic rings. The van der Waals surface area contributed by atoms with E-state index in [0.717, 1.165) is 17.3 Å². The molecule has 0 aromatic heterocycles. The van der Waals surface area contributed by atoms with E-state index in [4.69, 9.17) is 0 Å². The summed E-state index contributed by atoms with van der Waals surface area (Å²) >= 11 is 3.28. The average molecular weight is 268 g/mol. The van der Waals surface area contributed by atoms with Gasteiger partial charge in [-0.2, -0.15) is 0 Å². The van der Waals surface area contributed by atoms with Gasteiger partial charge in [-0.25, -0.2) is 0 Å².